The number of para-hydroxylation sites is 1. The maximum atomic E-state index is 12.8. The first-order chi connectivity index (χ1) is 14.2. The van der Waals surface area contributed by atoms with Crippen molar-refractivity contribution in [1.82, 2.24) is 10.2 Å². The van der Waals surface area contributed by atoms with Gasteiger partial charge in [0.1, 0.15) is 0 Å². The molecule has 0 saturated carbocycles. The number of carbonyl (C=O) groups is 1. The highest BCUT2D eigenvalue weighted by Crippen LogP contribution is 2.37. The summed E-state index contributed by atoms with van der Waals surface area (Å²) in [6.45, 7) is 3.07. The van der Waals surface area contributed by atoms with Crippen molar-refractivity contribution >= 4 is 34.7 Å². The number of aromatic nitrogens is 2. The van der Waals surface area contributed by atoms with Crippen LogP contribution in [0.1, 0.15) is 35.8 Å². The fraction of sp³-hybridized carbons (Fsp3) is 0.409. The highest BCUT2D eigenvalue weighted by atomic mass is 32.2. The molecule has 2 aliphatic rings. The lowest BCUT2D eigenvalue weighted by atomic mass is 9.90. The van der Waals surface area contributed by atoms with E-state index < -0.39 is 0 Å². The summed E-state index contributed by atoms with van der Waals surface area (Å²) in [6.07, 6.45) is 5.55. The lowest BCUT2D eigenvalue weighted by Crippen LogP contribution is -2.36. The van der Waals surface area contributed by atoms with Gasteiger partial charge in [-0.25, -0.2) is 0 Å². The Bertz CT molecular complexity index is 1040. The van der Waals surface area contributed by atoms with E-state index in [4.69, 9.17) is 4.42 Å². The minimum atomic E-state index is 0.0856. The summed E-state index contributed by atoms with van der Waals surface area (Å²) >= 11 is 3.08. The van der Waals surface area contributed by atoms with Crippen molar-refractivity contribution in [3.63, 3.8) is 0 Å². The summed E-state index contributed by atoms with van der Waals surface area (Å²) in [7, 11) is 0. The molecule has 7 heteroatoms. The predicted octanol–water partition coefficient (Wildman–Crippen LogP) is 4.99. The summed E-state index contributed by atoms with van der Waals surface area (Å²) in [5.41, 5.74) is 3.71. The van der Waals surface area contributed by atoms with Gasteiger partial charge in [0.2, 0.25) is 5.91 Å². The molecule has 5 rings (SSSR count). The predicted molar refractivity (Wildman–Crippen MR) is 117 cm³/mol. The molecule has 1 aromatic carbocycles. The highest BCUT2D eigenvalue weighted by Gasteiger charge is 2.24. The van der Waals surface area contributed by atoms with E-state index in [0.29, 0.717) is 16.9 Å². The van der Waals surface area contributed by atoms with Gasteiger partial charge in [-0.2, -0.15) is 0 Å². The van der Waals surface area contributed by atoms with Gasteiger partial charge in [0.15, 0.2) is 0 Å². The Balaban J connectivity index is 1.25. The van der Waals surface area contributed by atoms with E-state index in [-0.39, 0.29) is 5.91 Å². The Morgan fingerprint density at radius 1 is 1.28 bits per heavy atom. The number of rotatable bonds is 4. The zero-order valence-electron chi connectivity index (χ0n) is 16.4. The average molecular weight is 426 g/mol. The molecule has 3 heterocycles. The number of thioether (sulfide) groups is 1. The van der Waals surface area contributed by atoms with Gasteiger partial charge in [-0.1, -0.05) is 36.9 Å². The van der Waals surface area contributed by atoms with Crippen molar-refractivity contribution in [1.29, 1.82) is 0 Å². The second-order valence-corrected chi connectivity index (χ2v) is 9.91. The first kappa shape index (κ1) is 18.9. The molecule has 1 unspecified atom stereocenters. The number of carbonyl (C=O) groups excluding carboxylic acids is 1. The summed E-state index contributed by atoms with van der Waals surface area (Å²) in [5, 5.41) is 8.84. The van der Waals surface area contributed by atoms with Crippen LogP contribution in [-0.4, -0.2) is 28.4 Å². The number of thiophene rings is 1. The third-order valence-corrected chi connectivity index (χ3v) is 7.71. The Hall–Kier alpha value is -2.12. The van der Waals surface area contributed by atoms with Crippen molar-refractivity contribution in [2.24, 2.45) is 5.92 Å². The molecule has 0 N–H and O–H groups in total. The Kier molecular flexibility index (Phi) is 5.18. The van der Waals surface area contributed by atoms with Crippen molar-refractivity contribution in [2.45, 2.75) is 44.3 Å². The number of amides is 1. The maximum Gasteiger partial charge on any atom is 0.277 e. The number of hydrogen-bond acceptors (Lipinski definition) is 6. The number of benzene rings is 1. The molecule has 29 heavy (non-hydrogen) atoms. The molecule has 3 aromatic rings. The standard InChI is InChI=1S/C22H23N3O2S2/c1-14-8-9-18-16(11-14)12-19(29-18)21-23-24-22(27-21)28-13-20(26)25-10-4-6-15-5-2-3-7-17(15)25/h2-3,5,7,12,14H,4,6,8-11,13H2,1H3. The van der Waals surface area contributed by atoms with Crippen LogP contribution in [0.25, 0.3) is 10.8 Å². The van der Waals surface area contributed by atoms with Crippen molar-refractivity contribution in [2.75, 3.05) is 17.2 Å². The van der Waals surface area contributed by atoms with Crippen LogP contribution in [0.3, 0.4) is 0 Å². The van der Waals surface area contributed by atoms with Gasteiger partial charge < -0.3 is 9.32 Å². The van der Waals surface area contributed by atoms with Gasteiger partial charge in [-0.3, -0.25) is 4.79 Å². The molecule has 2 aromatic heterocycles. The van der Waals surface area contributed by atoms with E-state index in [9.17, 15) is 4.79 Å². The third kappa shape index (κ3) is 3.85. The molecule has 0 saturated heterocycles. The molecular weight excluding hydrogens is 402 g/mol. The van der Waals surface area contributed by atoms with Crippen LogP contribution >= 0.6 is 23.1 Å². The Morgan fingerprint density at radius 2 is 2.17 bits per heavy atom. The largest absolute Gasteiger partial charge is 0.410 e. The molecule has 5 nitrogen and oxygen atoms in total. The number of aryl methyl sites for hydroxylation is 2. The quantitative estimate of drug-likeness (QED) is 0.551. The molecule has 0 radical (unpaired) electrons. The van der Waals surface area contributed by atoms with Crippen molar-refractivity contribution in [3.8, 4) is 10.8 Å². The van der Waals surface area contributed by atoms with E-state index in [1.807, 2.05) is 23.1 Å². The number of nitrogens with zero attached hydrogens (tertiary/aromatic N) is 3. The molecule has 1 amide bonds. The molecule has 0 bridgehead atoms. The number of fused-ring (bicyclic) bond motifs is 2. The molecular formula is C22H23N3O2S2. The second kappa shape index (κ2) is 7.95. The fourth-order valence-corrected chi connectivity index (χ4v) is 5.94. The molecule has 1 aliphatic carbocycles. The molecule has 0 fully saturated rings. The summed E-state index contributed by atoms with van der Waals surface area (Å²) < 4.78 is 5.86. The van der Waals surface area contributed by atoms with Crippen LogP contribution in [0, 0.1) is 5.92 Å². The van der Waals surface area contributed by atoms with Crippen LogP contribution in [0.2, 0.25) is 0 Å². The van der Waals surface area contributed by atoms with Gasteiger partial charge in [0.05, 0.1) is 10.6 Å². The van der Waals surface area contributed by atoms with Gasteiger partial charge >= 0.3 is 0 Å². The van der Waals surface area contributed by atoms with E-state index in [2.05, 4.69) is 29.3 Å². The van der Waals surface area contributed by atoms with Crippen LogP contribution in [0.15, 0.2) is 40.0 Å². The number of anilines is 1. The van der Waals surface area contributed by atoms with Crippen LogP contribution in [-0.2, 0) is 24.1 Å². The van der Waals surface area contributed by atoms with Gasteiger partial charge in [-0.05, 0) is 61.3 Å². The van der Waals surface area contributed by atoms with E-state index in [1.165, 1.54) is 34.2 Å². The zero-order valence-corrected chi connectivity index (χ0v) is 18.0. The Labute approximate surface area is 178 Å². The molecule has 150 valence electrons. The van der Waals surface area contributed by atoms with Crippen molar-refractivity contribution < 1.29 is 9.21 Å². The average Bonchev–Trinajstić information content (AvgIpc) is 3.38. The van der Waals surface area contributed by atoms with Gasteiger partial charge in [0, 0.05) is 17.1 Å². The van der Waals surface area contributed by atoms with E-state index >= 15 is 0 Å². The smallest absolute Gasteiger partial charge is 0.277 e. The molecule has 0 spiro atoms. The third-order valence-electron chi connectivity index (χ3n) is 5.68. The topological polar surface area (TPSA) is 59.2 Å². The first-order valence-corrected chi connectivity index (χ1v) is 11.9. The lowest BCUT2D eigenvalue weighted by Gasteiger charge is -2.29. The summed E-state index contributed by atoms with van der Waals surface area (Å²) in [4.78, 5) is 17.2. The van der Waals surface area contributed by atoms with E-state index in [0.717, 1.165) is 48.7 Å². The van der Waals surface area contributed by atoms with E-state index in [1.54, 1.807) is 11.3 Å². The normalized spacial score (nSPS) is 18.4. The van der Waals surface area contributed by atoms with Gasteiger partial charge in [0.25, 0.3) is 11.1 Å². The Morgan fingerprint density at radius 3 is 3.10 bits per heavy atom. The fourth-order valence-electron chi connectivity index (χ4n) is 4.17. The molecule has 1 aliphatic heterocycles. The minimum Gasteiger partial charge on any atom is -0.410 e. The zero-order chi connectivity index (χ0) is 19.8. The minimum absolute atomic E-state index is 0.0856. The first-order valence-electron chi connectivity index (χ1n) is 10.1. The summed E-state index contributed by atoms with van der Waals surface area (Å²) in [6, 6.07) is 10.4. The summed E-state index contributed by atoms with van der Waals surface area (Å²) in [5.74, 6) is 1.69. The highest BCUT2D eigenvalue weighted by molar-refractivity contribution is 7.99. The van der Waals surface area contributed by atoms with Crippen LogP contribution in [0.4, 0.5) is 5.69 Å². The second-order valence-electron chi connectivity index (χ2n) is 7.85. The van der Waals surface area contributed by atoms with Crippen molar-refractivity contribution in [3.05, 3.63) is 46.3 Å². The van der Waals surface area contributed by atoms with Gasteiger partial charge in [-0.15, -0.1) is 21.5 Å². The number of hydrogen-bond donors (Lipinski definition) is 0. The monoisotopic (exact) mass is 425 g/mol. The van der Waals surface area contributed by atoms with Crippen LogP contribution in [0.5, 0.6) is 0 Å². The molecule has 1 atom stereocenters. The lowest BCUT2D eigenvalue weighted by molar-refractivity contribution is -0.116. The van der Waals surface area contributed by atoms with Crippen LogP contribution < -0.4 is 4.90 Å². The maximum absolute atomic E-state index is 12.8. The SMILES string of the molecule is CC1CCc2sc(-c3nnc(SCC(=O)N4CCCc5ccccc54)o3)cc2C1.